The molecule has 1 aliphatic heterocycles. The fraction of sp³-hybridized carbons (Fsp3) is 0.647. The summed E-state index contributed by atoms with van der Waals surface area (Å²) in [5.74, 6) is 0. The Hall–Kier alpha value is -1.02. The Kier molecular flexibility index (Phi) is 4.87. The van der Waals surface area contributed by atoms with E-state index in [0.29, 0.717) is 5.54 Å². The minimum atomic E-state index is 0.340. The Morgan fingerprint density at radius 3 is 2.63 bits per heavy atom. The zero-order valence-electron chi connectivity index (χ0n) is 12.7. The molecular weight excluding hydrogens is 232 g/mol. The van der Waals surface area contributed by atoms with Gasteiger partial charge in [-0.2, -0.15) is 0 Å². The Morgan fingerprint density at radius 2 is 2.05 bits per heavy atom. The normalized spacial score (nSPS) is 22.7. The van der Waals surface area contributed by atoms with E-state index in [-0.39, 0.29) is 0 Å². The lowest BCUT2D eigenvalue weighted by Crippen LogP contribution is -2.50. The number of anilines is 1. The summed E-state index contributed by atoms with van der Waals surface area (Å²) in [6.45, 7) is 10.2. The van der Waals surface area contributed by atoms with Crippen LogP contribution in [0, 0.1) is 6.92 Å². The topological polar surface area (TPSA) is 15.3 Å². The third kappa shape index (κ3) is 3.30. The third-order valence-corrected chi connectivity index (χ3v) is 4.39. The van der Waals surface area contributed by atoms with Gasteiger partial charge in [-0.15, -0.1) is 0 Å². The number of likely N-dealkylation sites (N-methyl/N-ethyl adjacent to an activating group) is 1. The van der Waals surface area contributed by atoms with Crippen molar-refractivity contribution in [3.63, 3.8) is 0 Å². The number of hydrogen-bond acceptors (Lipinski definition) is 2. The lowest BCUT2D eigenvalue weighted by Gasteiger charge is -2.37. The highest BCUT2D eigenvalue weighted by atomic mass is 15.2. The molecule has 2 rings (SSSR count). The summed E-state index contributed by atoms with van der Waals surface area (Å²) < 4.78 is 0. The number of benzene rings is 1. The molecule has 1 aromatic rings. The summed E-state index contributed by atoms with van der Waals surface area (Å²) in [5.41, 5.74) is 3.12. The first-order chi connectivity index (χ1) is 9.21. The molecule has 0 saturated carbocycles. The Bertz CT molecular complexity index is 394. The van der Waals surface area contributed by atoms with Crippen molar-refractivity contribution in [2.75, 3.05) is 24.5 Å². The SMILES string of the molecule is CCCC1(CN(CC)c2ccccc2C)CCCN1. The first-order valence-corrected chi connectivity index (χ1v) is 7.76. The van der Waals surface area contributed by atoms with Crippen molar-refractivity contribution in [3.05, 3.63) is 29.8 Å². The Balaban J connectivity index is 2.16. The first kappa shape index (κ1) is 14.4. The highest BCUT2D eigenvalue weighted by Crippen LogP contribution is 2.29. The van der Waals surface area contributed by atoms with Crippen molar-refractivity contribution >= 4 is 5.69 Å². The number of nitrogens with zero attached hydrogens (tertiary/aromatic N) is 1. The standard InChI is InChI=1S/C17H28N2/c1-4-11-17(12-8-13-18-17)14-19(5-2)16-10-7-6-9-15(16)3/h6-7,9-10,18H,4-5,8,11-14H2,1-3H3. The van der Waals surface area contributed by atoms with Gasteiger partial charge in [0.05, 0.1) is 0 Å². The molecule has 1 N–H and O–H groups in total. The zero-order chi connectivity index (χ0) is 13.7. The number of para-hydroxylation sites is 1. The van der Waals surface area contributed by atoms with E-state index in [1.165, 1.54) is 43.5 Å². The number of aryl methyl sites for hydroxylation is 1. The van der Waals surface area contributed by atoms with Crippen molar-refractivity contribution in [3.8, 4) is 0 Å². The molecule has 1 heterocycles. The molecule has 2 nitrogen and oxygen atoms in total. The van der Waals surface area contributed by atoms with Crippen LogP contribution in [0.5, 0.6) is 0 Å². The Labute approximate surface area is 118 Å². The predicted molar refractivity (Wildman–Crippen MR) is 83.9 cm³/mol. The van der Waals surface area contributed by atoms with Gasteiger partial charge < -0.3 is 10.2 Å². The minimum Gasteiger partial charge on any atom is -0.370 e. The van der Waals surface area contributed by atoms with Crippen molar-refractivity contribution in [2.45, 2.75) is 52.0 Å². The van der Waals surface area contributed by atoms with Crippen molar-refractivity contribution in [1.29, 1.82) is 0 Å². The molecule has 0 aromatic heterocycles. The largest absolute Gasteiger partial charge is 0.370 e. The second kappa shape index (κ2) is 6.42. The molecule has 2 heteroatoms. The molecule has 0 radical (unpaired) electrons. The van der Waals surface area contributed by atoms with Crippen LogP contribution in [0.4, 0.5) is 5.69 Å². The van der Waals surface area contributed by atoms with Gasteiger partial charge in [0.1, 0.15) is 0 Å². The average Bonchev–Trinajstić information content (AvgIpc) is 2.86. The van der Waals surface area contributed by atoms with E-state index in [0.717, 1.165) is 13.1 Å². The fourth-order valence-electron chi connectivity index (χ4n) is 3.43. The quantitative estimate of drug-likeness (QED) is 0.838. The highest BCUT2D eigenvalue weighted by molar-refractivity contribution is 5.53. The van der Waals surface area contributed by atoms with Crippen molar-refractivity contribution in [2.24, 2.45) is 0 Å². The van der Waals surface area contributed by atoms with Gasteiger partial charge >= 0.3 is 0 Å². The zero-order valence-corrected chi connectivity index (χ0v) is 12.7. The van der Waals surface area contributed by atoms with E-state index in [4.69, 9.17) is 0 Å². The molecule has 0 spiro atoms. The molecular formula is C17H28N2. The lowest BCUT2D eigenvalue weighted by molar-refractivity contribution is 0.345. The van der Waals surface area contributed by atoms with Crippen LogP contribution in [0.1, 0.15) is 45.1 Å². The van der Waals surface area contributed by atoms with Crippen molar-refractivity contribution in [1.82, 2.24) is 5.32 Å². The summed E-state index contributed by atoms with van der Waals surface area (Å²) in [5, 5.41) is 3.78. The van der Waals surface area contributed by atoms with E-state index in [9.17, 15) is 0 Å². The molecule has 1 aromatic carbocycles. The van der Waals surface area contributed by atoms with E-state index in [1.54, 1.807) is 0 Å². The number of hydrogen-bond donors (Lipinski definition) is 1. The third-order valence-electron chi connectivity index (χ3n) is 4.39. The minimum absolute atomic E-state index is 0.340. The average molecular weight is 260 g/mol. The molecule has 1 atom stereocenters. The first-order valence-electron chi connectivity index (χ1n) is 7.76. The molecule has 0 bridgehead atoms. The molecule has 1 unspecified atom stereocenters. The fourth-order valence-corrected chi connectivity index (χ4v) is 3.43. The maximum atomic E-state index is 3.78. The van der Waals surface area contributed by atoms with E-state index < -0.39 is 0 Å². The van der Waals surface area contributed by atoms with Gasteiger partial charge in [0.2, 0.25) is 0 Å². The van der Waals surface area contributed by atoms with Gasteiger partial charge in [0.15, 0.2) is 0 Å². The van der Waals surface area contributed by atoms with Gasteiger partial charge in [-0.25, -0.2) is 0 Å². The van der Waals surface area contributed by atoms with Crippen LogP contribution < -0.4 is 10.2 Å². The van der Waals surface area contributed by atoms with Crippen LogP contribution in [-0.2, 0) is 0 Å². The Morgan fingerprint density at radius 1 is 1.26 bits per heavy atom. The van der Waals surface area contributed by atoms with Crippen LogP contribution >= 0.6 is 0 Å². The summed E-state index contributed by atoms with van der Waals surface area (Å²) in [7, 11) is 0. The predicted octanol–water partition coefficient (Wildman–Crippen LogP) is 3.74. The molecule has 1 aliphatic rings. The van der Waals surface area contributed by atoms with Crippen LogP contribution in [0.25, 0.3) is 0 Å². The number of rotatable bonds is 6. The second-order valence-electron chi connectivity index (χ2n) is 5.86. The van der Waals surface area contributed by atoms with Crippen LogP contribution in [0.15, 0.2) is 24.3 Å². The van der Waals surface area contributed by atoms with Gasteiger partial charge in [0, 0.05) is 24.3 Å². The summed E-state index contributed by atoms with van der Waals surface area (Å²) in [4.78, 5) is 2.54. The summed E-state index contributed by atoms with van der Waals surface area (Å²) in [6, 6.07) is 8.75. The van der Waals surface area contributed by atoms with Crippen molar-refractivity contribution < 1.29 is 0 Å². The molecule has 0 amide bonds. The maximum absolute atomic E-state index is 3.78. The molecule has 0 aliphatic carbocycles. The van der Waals surface area contributed by atoms with E-state index >= 15 is 0 Å². The maximum Gasteiger partial charge on any atom is 0.0396 e. The van der Waals surface area contributed by atoms with E-state index in [2.05, 4.69) is 55.3 Å². The summed E-state index contributed by atoms with van der Waals surface area (Å²) >= 11 is 0. The molecule has 1 saturated heterocycles. The van der Waals surface area contributed by atoms with Crippen LogP contribution in [0.3, 0.4) is 0 Å². The van der Waals surface area contributed by atoms with Gasteiger partial charge in [-0.05, 0) is 51.3 Å². The molecule has 1 fully saturated rings. The van der Waals surface area contributed by atoms with Gasteiger partial charge in [0.25, 0.3) is 0 Å². The number of nitrogens with one attached hydrogen (secondary N) is 1. The monoisotopic (exact) mass is 260 g/mol. The van der Waals surface area contributed by atoms with Crippen LogP contribution in [-0.4, -0.2) is 25.2 Å². The summed E-state index contributed by atoms with van der Waals surface area (Å²) in [6.07, 6.45) is 5.20. The smallest absolute Gasteiger partial charge is 0.0396 e. The lowest BCUT2D eigenvalue weighted by atomic mass is 9.91. The highest BCUT2D eigenvalue weighted by Gasteiger charge is 2.34. The van der Waals surface area contributed by atoms with E-state index in [1.807, 2.05) is 0 Å². The van der Waals surface area contributed by atoms with Gasteiger partial charge in [-0.3, -0.25) is 0 Å². The van der Waals surface area contributed by atoms with Gasteiger partial charge in [-0.1, -0.05) is 31.5 Å². The second-order valence-corrected chi connectivity index (χ2v) is 5.86. The molecule has 19 heavy (non-hydrogen) atoms. The molecule has 106 valence electrons. The van der Waals surface area contributed by atoms with Crippen LogP contribution in [0.2, 0.25) is 0 Å².